The lowest BCUT2D eigenvalue weighted by Crippen LogP contribution is -2.49. The lowest BCUT2D eigenvalue weighted by Gasteiger charge is -2.40. The van der Waals surface area contributed by atoms with E-state index in [4.69, 9.17) is 0 Å². The van der Waals surface area contributed by atoms with Crippen LogP contribution in [0, 0.1) is 0 Å². The van der Waals surface area contributed by atoms with Gasteiger partial charge in [-0.1, -0.05) is 38.2 Å². The lowest BCUT2D eigenvalue weighted by molar-refractivity contribution is -0.132. The summed E-state index contributed by atoms with van der Waals surface area (Å²) >= 11 is 0. The molecule has 0 aromatic carbocycles. The maximum Gasteiger partial charge on any atom is 0.359 e. The van der Waals surface area contributed by atoms with Gasteiger partial charge in [0.25, 0.3) is 5.91 Å². The van der Waals surface area contributed by atoms with Crippen molar-refractivity contribution in [3.63, 3.8) is 0 Å². The van der Waals surface area contributed by atoms with E-state index in [1.165, 1.54) is 68.1 Å². The minimum atomic E-state index is -1.34. The highest BCUT2D eigenvalue weighted by Crippen LogP contribution is 2.34. The predicted molar refractivity (Wildman–Crippen MR) is 124 cm³/mol. The van der Waals surface area contributed by atoms with Crippen LogP contribution in [0.4, 0.5) is 4.39 Å². The van der Waals surface area contributed by atoms with Crippen molar-refractivity contribution < 1.29 is 19.1 Å². The van der Waals surface area contributed by atoms with Gasteiger partial charge in [-0.05, 0) is 58.1 Å². The Labute approximate surface area is 191 Å². The van der Waals surface area contributed by atoms with Crippen LogP contribution in [0.25, 0.3) is 0 Å². The Balaban J connectivity index is 1.77. The summed E-state index contributed by atoms with van der Waals surface area (Å²) in [6.45, 7) is 4.25. The molecule has 3 aliphatic rings. The summed E-state index contributed by atoms with van der Waals surface area (Å²) < 4.78 is 14.1. The van der Waals surface area contributed by atoms with Gasteiger partial charge >= 0.3 is 5.97 Å². The molecule has 1 aliphatic carbocycles. The van der Waals surface area contributed by atoms with E-state index in [1.807, 2.05) is 6.92 Å². The zero-order chi connectivity index (χ0) is 23.1. The number of aliphatic imine (C=N–C) groups is 1. The third-order valence-corrected chi connectivity index (χ3v) is 7.27. The molecule has 0 aromatic heterocycles. The third kappa shape index (κ3) is 6.27. The van der Waals surface area contributed by atoms with Gasteiger partial charge in [0.1, 0.15) is 5.83 Å². The number of carboxylic acid groups (broad SMARTS) is 1. The van der Waals surface area contributed by atoms with Crippen molar-refractivity contribution in [3.05, 3.63) is 24.1 Å². The van der Waals surface area contributed by atoms with Crippen molar-refractivity contribution in [2.45, 2.75) is 102 Å². The molecule has 0 spiro atoms. The van der Waals surface area contributed by atoms with Crippen LogP contribution >= 0.6 is 0 Å². The van der Waals surface area contributed by atoms with E-state index in [1.54, 1.807) is 0 Å². The fourth-order valence-corrected chi connectivity index (χ4v) is 5.63. The zero-order valence-corrected chi connectivity index (χ0v) is 19.5. The fraction of sp³-hybridized carbons (Fsp3) is 0.720. The first-order valence-electron chi connectivity index (χ1n) is 12.3. The molecule has 178 valence electrons. The molecule has 0 bridgehead atoms. The van der Waals surface area contributed by atoms with Gasteiger partial charge in [0.15, 0.2) is 0 Å². The summed E-state index contributed by atoms with van der Waals surface area (Å²) in [5.74, 6) is -2.40. The number of carbonyl (C=O) groups excluding carboxylic acids is 1. The van der Waals surface area contributed by atoms with Crippen LogP contribution < -0.4 is 0 Å². The first-order valence-corrected chi connectivity index (χ1v) is 12.3. The Morgan fingerprint density at radius 2 is 1.88 bits per heavy atom. The number of amides is 1. The quantitative estimate of drug-likeness (QED) is 0.673. The Hall–Kier alpha value is -2.02. The molecule has 1 saturated heterocycles. The fourth-order valence-electron chi connectivity index (χ4n) is 5.63. The third-order valence-electron chi connectivity index (χ3n) is 7.27. The second-order valence-electron chi connectivity index (χ2n) is 9.55. The van der Waals surface area contributed by atoms with Crippen molar-refractivity contribution >= 4 is 17.6 Å². The molecular formula is C25H38FN3O3. The van der Waals surface area contributed by atoms with Crippen LogP contribution in [-0.2, 0) is 9.59 Å². The van der Waals surface area contributed by atoms with E-state index in [2.05, 4.69) is 16.8 Å². The van der Waals surface area contributed by atoms with E-state index >= 15 is 0 Å². The molecule has 7 heteroatoms. The van der Waals surface area contributed by atoms with Crippen molar-refractivity contribution in [2.24, 2.45) is 4.99 Å². The van der Waals surface area contributed by atoms with E-state index in [-0.39, 0.29) is 19.1 Å². The molecule has 3 rings (SSSR count). The minimum Gasteiger partial charge on any atom is -0.476 e. The SMILES string of the molecule is CC(CC1CCC(C)N1C1CCCCCCC1)N1C/C=C(F)\C=C/CN=C(C(=O)O)C1=O. The summed E-state index contributed by atoms with van der Waals surface area (Å²) in [7, 11) is 0. The van der Waals surface area contributed by atoms with Gasteiger partial charge in [-0.3, -0.25) is 14.7 Å². The van der Waals surface area contributed by atoms with Gasteiger partial charge in [0, 0.05) is 30.7 Å². The smallest absolute Gasteiger partial charge is 0.359 e. The van der Waals surface area contributed by atoms with Crippen molar-refractivity contribution in [2.75, 3.05) is 13.1 Å². The molecule has 6 nitrogen and oxygen atoms in total. The highest BCUT2D eigenvalue weighted by atomic mass is 19.1. The second-order valence-corrected chi connectivity index (χ2v) is 9.55. The molecule has 1 N–H and O–H groups in total. The highest BCUT2D eigenvalue weighted by molar-refractivity contribution is 6.63. The average molecular weight is 448 g/mol. The Morgan fingerprint density at radius 3 is 2.56 bits per heavy atom. The maximum atomic E-state index is 14.1. The topological polar surface area (TPSA) is 73.2 Å². The first-order chi connectivity index (χ1) is 15.4. The molecule has 1 saturated carbocycles. The summed E-state index contributed by atoms with van der Waals surface area (Å²) in [5, 5.41) is 9.52. The number of nitrogens with zero attached hydrogens (tertiary/aromatic N) is 3. The average Bonchev–Trinajstić information content (AvgIpc) is 3.07. The predicted octanol–water partition coefficient (Wildman–Crippen LogP) is 4.51. The second kappa shape index (κ2) is 11.7. The zero-order valence-electron chi connectivity index (χ0n) is 19.5. The van der Waals surface area contributed by atoms with Crippen molar-refractivity contribution in [1.82, 2.24) is 9.80 Å². The van der Waals surface area contributed by atoms with E-state index in [0.717, 1.165) is 19.3 Å². The number of carbonyl (C=O) groups is 2. The largest absolute Gasteiger partial charge is 0.476 e. The van der Waals surface area contributed by atoms with E-state index < -0.39 is 23.4 Å². The van der Waals surface area contributed by atoms with Crippen molar-refractivity contribution in [1.29, 1.82) is 0 Å². The van der Waals surface area contributed by atoms with Gasteiger partial charge in [0.2, 0.25) is 5.71 Å². The monoisotopic (exact) mass is 447 g/mol. The van der Waals surface area contributed by atoms with Gasteiger partial charge in [-0.25, -0.2) is 9.18 Å². The summed E-state index contributed by atoms with van der Waals surface area (Å²) in [6.07, 6.45) is 16.0. The van der Waals surface area contributed by atoms with E-state index in [0.29, 0.717) is 18.1 Å². The summed E-state index contributed by atoms with van der Waals surface area (Å²) in [6, 6.07) is 1.24. The summed E-state index contributed by atoms with van der Waals surface area (Å²) in [4.78, 5) is 32.8. The first kappa shape index (κ1) is 24.6. The number of rotatable bonds is 5. The Bertz CT molecular complexity index is 756. The van der Waals surface area contributed by atoms with Crippen LogP contribution in [0.2, 0.25) is 0 Å². The number of aliphatic carboxylic acids is 1. The molecule has 0 aromatic rings. The van der Waals surface area contributed by atoms with Crippen LogP contribution in [0.5, 0.6) is 0 Å². The molecule has 3 atom stereocenters. The molecule has 32 heavy (non-hydrogen) atoms. The van der Waals surface area contributed by atoms with Gasteiger partial charge in [-0.2, -0.15) is 0 Å². The number of hydrogen-bond acceptors (Lipinski definition) is 4. The minimum absolute atomic E-state index is 0.0353. The highest BCUT2D eigenvalue weighted by Gasteiger charge is 2.38. The molecule has 2 fully saturated rings. The van der Waals surface area contributed by atoms with Crippen LogP contribution in [0.1, 0.15) is 78.1 Å². The number of hydrogen-bond donors (Lipinski definition) is 1. The number of likely N-dealkylation sites (tertiary alicyclic amines) is 1. The standard InChI is InChI=1S/C25H38FN3O3/c1-18-12-13-22(29(18)21-10-6-4-3-5-7-11-21)17-19(2)28-16-14-20(26)9-8-15-27-23(24(28)30)25(31)32/h8-9,14,18-19,21-22H,3-7,10-13,15-17H2,1-2H3,(H,31,32)/b9-8-,20-14+,27-23?. The van der Waals surface area contributed by atoms with Gasteiger partial charge < -0.3 is 10.0 Å². The molecule has 0 radical (unpaired) electrons. The normalized spacial score (nSPS) is 30.6. The molecule has 3 unspecified atom stereocenters. The number of carboxylic acids is 1. The lowest BCUT2D eigenvalue weighted by atomic mass is 9.93. The number of halogens is 1. The van der Waals surface area contributed by atoms with Crippen molar-refractivity contribution in [3.8, 4) is 0 Å². The number of allylic oxidation sites excluding steroid dienone is 2. The molecular weight excluding hydrogens is 409 g/mol. The Morgan fingerprint density at radius 1 is 1.19 bits per heavy atom. The maximum absolute atomic E-state index is 14.1. The molecule has 2 heterocycles. The van der Waals surface area contributed by atoms with E-state index in [9.17, 15) is 19.1 Å². The summed E-state index contributed by atoms with van der Waals surface area (Å²) in [5.41, 5.74) is -0.478. The molecule has 1 amide bonds. The van der Waals surface area contributed by atoms with Gasteiger partial charge in [-0.15, -0.1) is 0 Å². The van der Waals surface area contributed by atoms with Crippen LogP contribution in [-0.4, -0.2) is 69.8 Å². The molecule has 2 aliphatic heterocycles. The van der Waals surface area contributed by atoms with Crippen LogP contribution in [0.3, 0.4) is 0 Å². The van der Waals surface area contributed by atoms with Gasteiger partial charge in [0.05, 0.1) is 6.54 Å². The van der Waals surface area contributed by atoms with Crippen LogP contribution in [0.15, 0.2) is 29.0 Å². The Kier molecular flexibility index (Phi) is 9.02.